The smallest absolute Gasteiger partial charge is 0.166 e. The van der Waals surface area contributed by atoms with E-state index in [1.165, 1.54) is 17.7 Å². The highest BCUT2D eigenvalue weighted by atomic mass is 19.1. The second-order valence-electron chi connectivity index (χ2n) is 5.24. The van der Waals surface area contributed by atoms with Crippen LogP contribution in [0.15, 0.2) is 48.5 Å². The predicted octanol–water partition coefficient (Wildman–Crippen LogP) is 4.12. The molecular formula is C17H15FO. The highest BCUT2D eigenvalue weighted by molar-refractivity contribution is 6.00. The lowest BCUT2D eigenvalue weighted by molar-refractivity contribution is 0.0964. The molecular weight excluding hydrogens is 239 g/mol. The lowest BCUT2D eigenvalue weighted by Crippen LogP contribution is -2.04. The quantitative estimate of drug-likeness (QED) is 0.753. The molecule has 3 rings (SSSR count). The fraction of sp³-hybridized carbons (Fsp3) is 0.235. The van der Waals surface area contributed by atoms with E-state index in [9.17, 15) is 9.18 Å². The van der Waals surface area contributed by atoms with Gasteiger partial charge < -0.3 is 0 Å². The molecule has 96 valence electrons. The van der Waals surface area contributed by atoms with Gasteiger partial charge in [-0.1, -0.05) is 30.3 Å². The number of aryl methyl sites for hydroxylation is 1. The van der Waals surface area contributed by atoms with Gasteiger partial charge in [-0.2, -0.15) is 0 Å². The van der Waals surface area contributed by atoms with E-state index < -0.39 is 0 Å². The summed E-state index contributed by atoms with van der Waals surface area (Å²) < 4.78 is 13.3. The molecule has 2 atom stereocenters. The highest BCUT2D eigenvalue weighted by Gasteiger charge is 2.43. The molecule has 2 unspecified atom stereocenters. The van der Waals surface area contributed by atoms with Crippen molar-refractivity contribution in [2.24, 2.45) is 5.92 Å². The number of hydrogen-bond donors (Lipinski definition) is 0. The average Bonchev–Trinajstić information content (AvgIpc) is 3.18. The topological polar surface area (TPSA) is 17.1 Å². The monoisotopic (exact) mass is 254 g/mol. The zero-order valence-corrected chi connectivity index (χ0v) is 10.8. The first-order valence-corrected chi connectivity index (χ1v) is 6.51. The zero-order valence-electron chi connectivity index (χ0n) is 10.8. The Morgan fingerprint density at radius 2 is 1.89 bits per heavy atom. The van der Waals surface area contributed by atoms with Gasteiger partial charge in [0, 0.05) is 11.5 Å². The lowest BCUT2D eigenvalue weighted by atomic mass is 10.0. The molecule has 0 radical (unpaired) electrons. The van der Waals surface area contributed by atoms with Gasteiger partial charge in [-0.25, -0.2) is 4.39 Å². The summed E-state index contributed by atoms with van der Waals surface area (Å²) in [6.45, 7) is 1.81. The predicted molar refractivity (Wildman–Crippen MR) is 72.8 cm³/mol. The summed E-state index contributed by atoms with van der Waals surface area (Å²) >= 11 is 0. The highest BCUT2D eigenvalue weighted by Crippen LogP contribution is 2.49. The van der Waals surface area contributed by atoms with E-state index in [-0.39, 0.29) is 17.5 Å². The van der Waals surface area contributed by atoms with Crippen LogP contribution >= 0.6 is 0 Å². The maximum Gasteiger partial charge on any atom is 0.166 e. The first-order chi connectivity index (χ1) is 9.15. The van der Waals surface area contributed by atoms with Crippen LogP contribution in [0.1, 0.15) is 33.8 Å². The van der Waals surface area contributed by atoms with Crippen molar-refractivity contribution in [1.82, 2.24) is 0 Å². The molecule has 0 aliphatic heterocycles. The minimum Gasteiger partial charge on any atom is -0.294 e. The van der Waals surface area contributed by atoms with E-state index in [1.54, 1.807) is 13.0 Å². The molecule has 0 N–H and O–H groups in total. The molecule has 1 fully saturated rings. The maximum absolute atomic E-state index is 13.3. The van der Waals surface area contributed by atoms with Crippen LogP contribution in [0, 0.1) is 18.7 Å². The zero-order chi connectivity index (χ0) is 13.4. The van der Waals surface area contributed by atoms with Gasteiger partial charge >= 0.3 is 0 Å². The Bertz CT molecular complexity index is 598. The number of Topliss-reactive ketones (excluding diaryl/α,β-unsaturated/α-hetero) is 1. The van der Waals surface area contributed by atoms with Gasteiger partial charge in [0.15, 0.2) is 5.78 Å². The molecule has 1 saturated carbocycles. The van der Waals surface area contributed by atoms with Crippen LogP contribution < -0.4 is 0 Å². The third kappa shape index (κ3) is 2.43. The fourth-order valence-corrected chi connectivity index (χ4v) is 2.65. The van der Waals surface area contributed by atoms with E-state index in [2.05, 4.69) is 12.1 Å². The Morgan fingerprint density at radius 1 is 1.16 bits per heavy atom. The standard InChI is InChI=1S/C17H15FO/c1-11-7-13(9-14(18)8-11)17(19)16-10-15(16)12-5-3-2-4-6-12/h2-9,15-16H,10H2,1H3. The molecule has 0 bridgehead atoms. The van der Waals surface area contributed by atoms with Crippen LogP contribution in [0.4, 0.5) is 4.39 Å². The molecule has 1 nitrogen and oxygen atoms in total. The number of rotatable bonds is 3. The van der Waals surface area contributed by atoms with Crippen LogP contribution in [0.2, 0.25) is 0 Å². The summed E-state index contributed by atoms with van der Waals surface area (Å²) in [7, 11) is 0. The van der Waals surface area contributed by atoms with Crippen LogP contribution in [-0.2, 0) is 0 Å². The summed E-state index contributed by atoms with van der Waals surface area (Å²) in [5, 5.41) is 0. The third-order valence-corrected chi connectivity index (χ3v) is 3.68. The van der Waals surface area contributed by atoms with Crippen LogP contribution in [0.25, 0.3) is 0 Å². The van der Waals surface area contributed by atoms with Gasteiger partial charge in [-0.15, -0.1) is 0 Å². The van der Waals surface area contributed by atoms with Crippen molar-refractivity contribution in [3.8, 4) is 0 Å². The first kappa shape index (κ1) is 12.1. The van der Waals surface area contributed by atoms with E-state index in [0.29, 0.717) is 11.5 Å². The first-order valence-electron chi connectivity index (χ1n) is 6.51. The van der Waals surface area contributed by atoms with Gasteiger partial charge in [-0.3, -0.25) is 4.79 Å². The van der Waals surface area contributed by atoms with Crippen LogP contribution in [0.3, 0.4) is 0 Å². The van der Waals surface area contributed by atoms with Crippen LogP contribution in [0.5, 0.6) is 0 Å². The van der Waals surface area contributed by atoms with Gasteiger partial charge in [0.25, 0.3) is 0 Å². The van der Waals surface area contributed by atoms with E-state index in [1.807, 2.05) is 18.2 Å². The van der Waals surface area contributed by atoms with E-state index in [0.717, 1.165) is 12.0 Å². The minimum atomic E-state index is -0.333. The third-order valence-electron chi connectivity index (χ3n) is 3.68. The van der Waals surface area contributed by atoms with Crippen molar-refractivity contribution < 1.29 is 9.18 Å². The fourth-order valence-electron chi connectivity index (χ4n) is 2.65. The summed E-state index contributed by atoms with van der Waals surface area (Å²) in [5.74, 6) is 0.0533. The second-order valence-corrected chi connectivity index (χ2v) is 5.24. The molecule has 0 aromatic heterocycles. The molecule has 2 aromatic carbocycles. The van der Waals surface area contributed by atoms with Gasteiger partial charge in [0.2, 0.25) is 0 Å². The van der Waals surface area contributed by atoms with Crippen molar-refractivity contribution in [2.45, 2.75) is 19.3 Å². The van der Waals surface area contributed by atoms with E-state index >= 15 is 0 Å². The molecule has 0 amide bonds. The average molecular weight is 254 g/mol. The molecule has 0 saturated heterocycles. The summed E-state index contributed by atoms with van der Waals surface area (Å²) in [6, 6.07) is 14.6. The molecule has 2 aromatic rings. The van der Waals surface area contributed by atoms with E-state index in [4.69, 9.17) is 0 Å². The molecule has 0 heterocycles. The van der Waals surface area contributed by atoms with Crippen molar-refractivity contribution in [3.63, 3.8) is 0 Å². The molecule has 2 heteroatoms. The Kier molecular flexibility index (Phi) is 2.94. The van der Waals surface area contributed by atoms with Gasteiger partial charge in [0.1, 0.15) is 5.82 Å². The molecule has 1 aliphatic rings. The van der Waals surface area contributed by atoms with Crippen LogP contribution in [-0.4, -0.2) is 5.78 Å². The molecule has 19 heavy (non-hydrogen) atoms. The largest absolute Gasteiger partial charge is 0.294 e. The molecule has 0 spiro atoms. The summed E-state index contributed by atoms with van der Waals surface area (Å²) in [6.07, 6.45) is 0.873. The Balaban J connectivity index is 1.80. The van der Waals surface area contributed by atoms with Crippen molar-refractivity contribution in [2.75, 3.05) is 0 Å². The Morgan fingerprint density at radius 3 is 2.58 bits per heavy atom. The normalized spacial score (nSPS) is 21.2. The van der Waals surface area contributed by atoms with Gasteiger partial charge in [-0.05, 0) is 48.6 Å². The number of hydrogen-bond acceptors (Lipinski definition) is 1. The summed E-state index contributed by atoms with van der Waals surface area (Å²) in [4.78, 5) is 12.3. The Hall–Kier alpha value is -1.96. The molecule has 1 aliphatic carbocycles. The maximum atomic E-state index is 13.3. The Labute approximate surface area is 112 Å². The van der Waals surface area contributed by atoms with Crippen molar-refractivity contribution >= 4 is 5.78 Å². The number of halogens is 1. The van der Waals surface area contributed by atoms with Crippen molar-refractivity contribution in [3.05, 3.63) is 71.0 Å². The van der Waals surface area contributed by atoms with Gasteiger partial charge in [0.05, 0.1) is 0 Å². The van der Waals surface area contributed by atoms with Crippen molar-refractivity contribution in [1.29, 1.82) is 0 Å². The number of carbonyl (C=O) groups is 1. The number of carbonyl (C=O) groups excluding carboxylic acids is 1. The summed E-state index contributed by atoms with van der Waals surface area (Å²) in [5.41, 5.74) is 2.50. The minimum absolute atomic E-state index is 0.0172. The lowest BCUT2D eigenvalue weighted by Gasteiger charge is -2.03. The number of benzene rings is 2. The SMILES string of the molecule is Cc1cc(F)cc(C(=O)C2CC2c2ccccc2)c1. The second kappa shape index (κ2) is 4.61. The number of ketones is 1.